The number of carbonyl (C=O) groups is 3. The minimum atomic E-state index is -0.602. The van der Waals surface area contributed by atoms with Crippen molar-refractivity contribution in [2.75, 3.05) is 31.5 Å². The van der Waals surface area contributed by atoms with Gasteiger partial charge in [0.2, 0.25) is 11.8 Å². The van der Waals surface area contributed by atoms with Crippen molar-refractivity contribution in [1.29, 1.82) is 0 Å². The van der Waals surface area contributed by atoms with Crippen LogP contribution in [0.1, 0.15) is 31.9 Å². The second kappa shape index (κ2) is 6.63. The van der Waals surface area contributed by atoms with Crippen molar-refractivity contribution in [3.63, 3.8) is 0 Å². The fourth-order valence-corrected chi connectivity index (χ4v) is 3.52. The van der Waals surface area contributed by atoms with E-state index in [1.165, 1.54) is 0 Å². The highest BCUT2D eigenvalue weighted by Gasteiger charge is 2.40. The van der Waals surface area contributed by atoms with Crippen LogP contribution in [0.25, 0.3) is 0 Å². The number of rotatable bonds is 1. The molecule has 4 amide bonds. The van der Waals surface area contributed by atoms with Crippen LogP contribution >= 0.6 is 0 Å². The Hall–Kier alpha value is -2.57. The first-order valence-electron chi connectivity index (χ1n) is 8.91. The number of hydrogen-bond donors (Lipinski definition) is 2. The number of aryl methyl sites for hydroxylation is 1. The number of piperazine rings is 2. The van der Waals surface area contributed by atoms with Gasteiger partial charge in [-0.25, -0.2) is 4.79 Å². The van der Waals surface area contributed by atoms with Gasteiger partial charge in [0.25, 0.3) is 0 Å². The van der Waals surface area contributed by atoms with Crippen LogP contribution in [-0.2, 0) is 15.0 Å². The highest BCUT2D eigenvalue weighted by atomic mass is 16.2. The van der Waals surface area contributed by atoms with Gasteiger partial charge in [0, 0.05) is 18.8 Å². The molecule has 1 aromatic rings. The van der Waals surface area contributed by atoms with Gasteiger partial charge < -0.3 is 20.4 Å². The largest absolute Gasteiger partial charge is 0.345 e. The van der Waals surface area contributed by atoms with Crippen molar-refractivity contribution in [3.05, 3.63) is 29.3 Å². The van der Waals surface area contributed by atoms with E-state index in [0.717, 1.165) is 16.8 Å². The average molecular weight is 358 g/mol. The van der Waals surface area contributed by atoms with Crippen molar-refractivity contribution in [2.24, 2.45) is 0 Å². The Labute approximate surface area is 153 Å². The summed E-state index contributed by atoms with van der Waals surface area (Å²) in [6, 6.07) is 5.14. The lowest BCUT2D eigenvalue weighted by Gasteiger charge is -2.42. The average Bonchev–Trinajstić information content (AvgIpc) is 2.58. The maximum Gasteiger partial charge on any atom is 0.322 e. The van der Waals surface area contributed by atoms with E-state index in [9.17, 15) is 14.4 Å². The van der Waals surface area contributed by atoms with E-state index in [0.29, 0.717) is 13.1 Å². The number of para-hydroxylation sites is 1. The fourth-order valence-electron chi connectivity index (χ4n) is 3.52. The van der Waals surface area contributed by atoms with Crippen molar-refractivity contribution in [1.82, 2.24) is 15.1 Å². The Balaban J connectivity index is 1.78. The summed E-state index contributed by atoms with van der Waals surface area (Å²) in [5.41, 5.74) is 2.77. The summed E-state index contributed by atoms with van der Waals surface area (Å²) in [5.74, 6) is -0.294. The molecule has 2 heterocycles. The van der Waals surface area contributed by atoms with Crippen LogP contribution in [0.3, 0.4) is 0 Å². The van der Waals surface area contributed by atoms with E-state index < -0.39 is 6.04 Å². The van der Waals surface area contributed by atoms with Gasteiger partial charge in [-0.05, 0) is 23.5 Å². The summed E-state index contributed by atoms with van der Waals surface area (Å²) >= 11 is 0. The molecular weight excluding hydrogens is 332 g/mol. The predicted octanol–water partition coefficient (Wildman–Crippen LogP) is 1.47. The molecule has 0 unspecified atom stereocenters. The van der Waals surface area contributed by atoms with Crippen LogP contribution < -0.4 is 10.6 Å². The molecule has 1 aromatic carbocycles. The smallest absolute Gasteiger partial charge is 0.322 e. The Morgan fingerprint density at radius 2 is 1.96 bits per heavy atom. The topological polar surface area (TPSA) is 81.8 Å². The fraction of sp³-hybridized carbons (Fsp3) is 0.526. The lowest BCUT2D eigenvalue weighted by molar-refractivity contribution is -0.148. The first-order chi connectivity index (χ1) is 12.2. The van der Waals surface area contributed by atoms with Gasteiger partial charge in [-0.3, -0.25) is 9.59 Å². The molecule has 0 aliphatic carbocycles. The third kappa shape index (κ3) is 3.38. The van der Waals surface area contributed by atoms with Gasteiger partial charge in [0.1, 0.15) is 6.04 Å². The van der Waals surface area contributed by atoms with Crippen molar-refractivity contribution < 1.29 is 14.4 Å². The molecule has 2 aliphatic heterocycles. The Bertz CT molecular complexity index is 754. The van der Waals surface area contributed by atoms with Gasteiger partial charge in [0.15, 0.2) is 0 Å². The summed E-state index contributed by atoms with van der Waals surface area (Å²) in [5, 5.41) is 5.62. The molecule has 7 heteroatoms. The summed E-state index contributed by atoms with van der Waals surface area (Å²) in [6.45, 7) is 9.33. The van der Waals surface area contributed by atoms with Crippen LogP contribution in [-0.4, -0.2) is 59.9 Å². The van der Waals surface area contributed by atoms with Crippen LogP contribution in [0.2, 0.25) is 0 Å². The molecule has 26 heavy (non-hydrogen) atoms. The second-order valence-electron chi connectivity index (χ2n) is 7.94. The van der Waals surface area contributed by atoms with Gasteiger partial charge in [-0.15, -0.1) is 0 Å². The second-order valence-corrected chi connectivity index (χ2v) is 7.94. The number of carbonyl (C=O) groups excluding carboxylic acids is 3. The number of hydrogen-bond acceptors (Lipinski definition) is 3. The van der Waals surface area contributed by atoms with Crippen molar-refractivity contribution in [2.45, 2.75) is 39.2 Å². The molecule has 2 N–H and O–H groups in total. The molecule has 2 fully saturated rings. The summed E-state index contributed by atoms with van der Waals surface area (Å²) in [7, 11) is 0. The number of nitrogens with zero attached hydrogens (tertiary/aromatic N) is 2. The zero-order chi connectivity index (χ0) is 19.1. The molecule has 3 rings (SSSR count). The third-order valence-corrected chi connectivity index (χ3v) is 5.02. The third-order valence-electron chi connectivity index (χ3n) is 5.02. The highest BCUT2D eigenvalue weighted by molar-refractivity contribution is 5.97. The van der Waals surface area contributed by atoms with Crippen molar-refractivity contribution in [3.8, 4) is 0 Å². The molecule has 0 saturated carbocycles. The Kier molecular flexibility index (Phi) is 4.64. The molecule has 2 aliphatic rings. The standard InChI is InChI=1S/C19H26N4O3/c1-12-6-5-7-13(19(2,3)4)16(12)21-18(26)22-8-9-23-14(11-22)17(25)20-10-15(23)24/h5-7,14H,8-11H2,1-4H3,(H,20,25)(H,21,26)/t14-/m0/s1. The van der Waals surface area contributed by atoms with E-state index in [1.807, 2.05) is 25.1 Å². The van der Waals surface area contributed by atoms with E-state index in [-0.39, 0.29) is 36.3 Å². The number of fused-ring (bicyclic) bond motifs is 1. The van der Waals surface area contributed by atoms with E-state index in [1.54, 1.807) is 9.80 Å². The van der Waals surface area contributed by atoms with E-state index in [2.05, 4.69) is 31.4 Å². The molecule has 0 spiro atoms. The van der Waals surface area contributed by atoms with Gasteiger partial charge in [-0.2, -0.15) is 0 Å². The quantitative estimate of drug-likeness (QED) is 0.798. The Morgan fingerprint density at radius 3 is 2.65 bits per heavy atom. The number of amides is 4. The maximum absolute atomic E-state index is 12.8. The maximum atomic E-state index is 12.8. The first kappa shape index (κ1) is 18.2. The minimum absolute atomic E-state index is 0.0414. The van der Waals surface area contributed by atoms with Crippen LogP contribution in [0.5, 0.6) is 0 Å². The van der Waals surface area contributed by atoms with Gasteiger partial charge >= 0.3 is 6.03 Å². The molecule has 1 atom stereocenters. The summed E-state index contributed by atoms with van der Waals surface area (Å²) in [4.78, 5) is 40.0. The highest BCUT2D eigenvalue weighted by Crippen LogP contribution is 2.32. The molecule has 2 saturated heterocycles. The first-order valence-corrected chi connectivity index (χ1v) is 8.91. The van der Waals surface area contributed by atoms with Crippen molar-refractivity contribution >= 4 is 23.5 Å². The molecule has 0 aromatic heterocycles. The van der Waals surface area contributed by atoms with Gasteiger partial charge in [0.05, 0.1) is 13.1 Å². The van der Waals surface area contributed by atoms with Gasteiger partial charge in [-0.1, -0.05) is 39.0 Å². The van der Waals surface area contributed by atoms with Crippen LogP contribution in [0.15, 0.2) is 18.2 Å². The minimum Gasteiger partial charge on any atom is -0.345 e. The van der Waals surface area contributed by atoms with E-state index >= 15 is 0 Å². The Morgan fingerprint density at radius 1 is 1.23 bits per heavy atom. The monoisotopic (exact) mass is 358 g/mol. The number of benzene rings is 1. The molecule has 0 radical (unpaired) electrons. The zero-order valence-corrected chi connectivity index (χ0v) is 15.8. The SMILES string of the molecule is Cc1cccc(C(C)(C)C)c1NC(=O)N1CCN2C(=O)CNC(=O)[C@@H]2C1. The molecule has 7 nitrogen and oxygen atoms in total. The summed E-state index contributed by atoms with van der Waals surface area (Å²) < 4.78 is 0. The number of anilines is 1. The van der Waals surface area contributed by atoms with E-state index in [4.69, 9.17) is 0 Å². The lowest BCUT2D eigenvalue weighted by atomic mass is 9.84. The number of urea groups is 1. The molecular formula is C19H26N4O3. The molecule has 0 bridgehead atoms. The summed E-state index contributed by atoms with van der Waals surface area (Å²) in [6.07, 6.45) is 0. The normalized spacial score (nSPS) is 20.5. The lowest BCUT2D eigenvalue weighted by Crippen LogP contribution is -2.66. The number of nitrogens with one attached hydrogen (secondary N) is 2. The van der Waals surface area contributed by atoms with Crippen LogP contribution in [0, 0.1) is 6.92 Å². The van der Waals surface area contributed by atoms with Crippen LogP contribution in [0.4, 0.5) is 10.5 Å². The predicted molar refractivity (Wildman–Crippen MR) is 99.0 cm³/mol. The zero-order valence-electron chi connectivity index (χ0n) is 15.8. The molecule has 140 valence electrons.